The highest BCUT2D eigenvalue weighted by Gasteiger charge is 2.30. The molecule has 66 valence electrons. The van der Waals surface area contributed by atoms with Crippen LogP contribution in [0.25, 0.3) is 0 Å². The summed E-state index contributed by atoms with van der Waals surface area (Å²) in [6.07, 6.45) is 5.92. The molecular weight excluding hydrogens is 132 g/mol. The van der Waals surface area contributed by atoms with Crippen molar-refractivity contribution in [2.75, 3.05) is 0 Å². The quantitative estimate of drug-likeness (QED) is 0.464. The molecule has 11 heavy (non-hydrogen) atoms. The summed E-state index contributed by atoms with van der Waals surface area (Å²) in [6, 6.07) is 0. The second kappa shape index (κ2) is 3.42. The van der Waals surface area contributed by atoms with Crippen LogP contribution >= 0.6 is 0 Å². The van der Waals surface area contributed by atoms with Gasteiger partial charge in [-0.2, -0.15) is 0 Å². The second-order valence-corrected chi connectivity index (χ2v) is 4.27. The Labute approximate surface area is 71.7 Å². The van der Waals surface area contributed by atoms with Crippen molar-refractivity contribution < 1.29 is 0 Å². The molecule has 2 unspecified atom stereocenters. The van der Waals surface area contributed by atoms with Crippen molar-refractivity contribution in [3.8, 4) is 0 Å². The minimum atomic E-state index is 0. The highest BCUT2D eigenvalue weighted by atomic mass is 14.3. The van der Waals surface area contributed by atoms with Gasteiger partial charge >= 0.3 is 0 Å². The standard InChI is InChI=1S/C10H18.CH4/c1-8-6-5-7-10(3,4)9(8)2;/h5-6,8-9H,7H2,1-4H3;1H4. The van der Waals surface area contributed by atoms with Crippen molar-refractivity contribution in [1.29, 1.82) is 0 Å². The van der Waals surface area contributed by atoms with Crippen molar-refractivity contribution in [1.82, 2.24) is 0 Å². The normalized spacial score (nSPS) is 34.5. The third kappa shape index (κ3) is 2.08. The molecule has 0 heterocycles. The Morgan fingerprint density at radius 2 is 1.82 bits per heavy atom. The van der Waals surface area contributed by atoms with E-state index in [4.69, 9.17) is 0 Å². The van der Waals surface area contributed by atoms with E-state index in [-0.39, 0.29) is 7.43 Å². The van der Waals surface area contributed by atoms with E-state index >= 15 is 0 Å². The van der Waals surface area contributed by atoms with Crippen LogP contribution in [-0.4, -0.2) is 0 Å². The van der Waals surface area contributed by atoms with Crippen LogP contribution in [0.2, 0.25) is 0 Å². The zero-order valence-corrected chi connectivity index (χ0v) is 7.52. The first-order valence-electron chi connectivity index (χ1n) is 4.21. The topological polar surface area (TPSA) is 0 Å². The second-order valence-electron chi connectivity index (χ2n) is 4.27. The molecule has 0 spiro atoms. The zero-order valence-electron chi connectivity index (χ0n) is 7.52. The van der Waals surface area contributed by atoms with Crippen molar-refractivity contribution in [2.45, 2.75) is 41.5 Å². The van der Waals surface area contributed by atoms with Gasteiger partial charge in [0.1, 0.15) is 0 Å². The van der Waals surface area contributed by atoms with E-state index in [1.54, 1.807) is 0 Å². The molecule has 1 aliphatic rings. The van der Waals surface area contributed by atoms with Gasteiger partial charge in [0.05, 0.1) is 0 Å². The van der Waals surface area contributed by atoms with Gasteiger partial charge in [0.25, 0.3) is 0 Å². The number of hydrogen-bond donors (Lipinski definition) is 0. The smallest absolute Gasteiger partial charge is 0.0231 e. The lowest BCUT2D eigenvalue weighted by Gasteiger charge is -2.37. The summed E-state index contributed by atoms with van der Waals surface area (Å²) in [5.74, 6) is 1.60. The van der Waals surface area contributed by atoms with Crippen LogP contribution < -0.4 is 0 Å². The molecule has 0 amide bonds. The Morgan fingerprint density at radius 1 is 1.27 bits per heavy atom. The summed E-state index contributed by atoms with van der Waals surface area (Å²) in [6.45, 7) is 9.38. The van der Waals surface area contributed by atoms with Gasteiger partial charge in [0.15, 0.2) is 0 Å². The minimum Gasteiger partial charge on any atom is -0.0877 e. The van der Waals surface area contributed by atoms with Crippen LogP contribution in [0.3, 0.4) is 0 Å². The van der Waals surface area contributed by atoms with Gasteiger partial charge in [-0.15, -0.1) is 0 Å². The van der Waals surface area contributed by atoms with Crippen LogP contribution in [0.4, 0.5) is 0 Å². The lowest BCUT2D eigenvalue weighted by atomic mass is 9.68. The summed E-state index contributed by atoms with van der Waals surface area (Å²) in [5, 5.41) is 0. The molecule has 0 aromatic heterocycles. The van der Waals surface area contributed by atoms with Crippen molar-refractivity contribution in [3.05, 3.63) is 12.2 Å². The lowest BCUT2D eigenvalue weighted by Crippen LogP contribution is -2.28. The van der Waals surface area contributed by atoms with Crippen molar-refractivity contribution >= 4 is 0 Å². The molecule has 0 bridgehead atoms. The molecule has 0 aliphatic heterocycles. The molecule has 0 fully saturated rings. The molecule has 0 saturated carbocycles. The van der Waals surface area contributed by atoms with Gasteiger partial charge in [-0.25, -0.2) is 0 Å². The monoisotopic (exact) mass is 154 g/mol. The SMILES string of the molecule is C.CC1C=CCC(C)(C)C1C. The zero-order chi connectivity index (χ0) is 7.78. The van der Waals surface area contributed by atoms with Crippen molar-refractivity contribution in [2.24, 2.45) is 17.3 Å². The third-order valence-electron chi connectivity index (χ3n) is 3.10. The fraction of sp³-hybridized carbons (Fsp3) is 0.818. The first-order valence-corrected chi connectivity index (χ1v) is 4.21. The molecule has 0 aromatic rings. The average molecular weight is 154 g/mol. The molecule has 0 saturated heterocycles. The van der Waals surface area contributed by atoms with Gasteiger partial charge < -0.3 is 0 Å². The van der Waals surface area contributed by atoms with Gasteiger partial charge in [-0.1, -0.05) is 47.3 Å². The Hall–Kier alpha value is -0.260. The van der Waals surface area contributed by atoms with E-state index in [0.29, 0.717) is 5.41 Å². The van der Waals surface area contributed by atoms with Crippen molar-refractivity contribution in [3.63, 3.8) is 0 Å². The summed E-state index contributed by atoms with van der Waals surface area (Å²) < 4.78 is 0. The molecule has 1 rings (SSSR count). The van der Waals surface area contributed by atoms with Crippen LogP contribution in [0.5, 0.6) is 0 Å². The predicted molar refractivity (Wildman–Crippen MR) is 52.6 cm³/mol. The fourth-order valence-corrected chi connectivity index (χ4v) is 1.65. The predicted octanol–water partition coefficient (Wildman–Crippen LogP) is 3.88. The molecule has 0 N–H and O–H groups in total. The number of allylic oxidation sites excluding steroid dienone is 2. The summed E-state index contributed by atoms with van der Waals surface area (Å²) in [4.78, 5) is 0. The minimum absolute atomic E-state index is 0. The Balaban J connectivity index is 0.000001000. The fourth-order valence-electron chi connectivity index (χ4n) is 1.65. The Bertz CT molecular complexity index is 142. The number of rotatable bonds is 0. The molecule has 0 heteroatoms. The van der Waals surface area contributed by atoms with Crippen LogP contribution in [0, 0.1) is 17.3 Å². The van der Waals surface area contributed by atoms with E-state index in [9.17, 15) is 0 Å². The van der Waals surface area contributed by atoms with Crippen LogP contribution in [0.15, 0.2) is 12.2 Å². The molecular formula is C11H22. The molecule has 0 radical (unpaired) electrons. The van der Waals surface area contributed by atoms with E-state index in [1.165, 1.54) is 6.42 Å². The lowest BCUT2D eigenvalue weighted by molar-refractivity contribution is 0.179. The maximum Gasteiger partial charge on any atom is -0.0231 e. The van der Waals surface area contributed by atoms with Gasteiger partial charge in [0, 0.05) is 0 Å². The van der Waals surface area contributed by atoms with E-state index in [2.05, 4.69) is 39.8 Å². The molecule has 0 nitrogen and oxygen atoms in total. The highest BCUT2D eigenvalue weighted by Crippen LogP contribution is 2.39. The largest absolute Gasteiger partial charge is 0.0877 e. The Morgan fingerprint density at radius 3 is 2.18 bits per heavy atom. The molecule has 2 atom stereocenters. The summed E-state index contributed by atoms with van der Waals surface area (Å²) in [5.41, 5.74) is 0.522. The van der Waals surface area contributed by atoms with E-state index in [1.807, 2.05) is 0 Å². The van der Waals surface area contributed by atoms with Crippen LogP contribution in [0.1, 0.15) is 41.5 Å². The summed E-state index contributed by atoms with van der Waals surface area (Å²) >= 11 is 0. The molecule has 0 aromatic carbocycles. The summed E-state index contributed by atoms with van der Waals surface area (Å²) in [7, 11) is 0. The van der Waals surface area contributed by atoms with Gasteiger partial charge in [-0.3, -0.25) is 0 Å². The third-order valence-corrected chi connectivity index (χ3v) is 3.10. The first-order chi connectivity index (χ1) is 4.54. The first kappa shape index (κ1) is 10.7. The maximum atomic E-state index is 2.36. The van der Waals surface area contributed by atoms with E-state index < -0.39 is 0 Å². The van der Waals surface area contributed by atoms with Crippen LogP contribution in [-0.2, 0) is 0 Å². The number of hydrogen-bond acceptors (Lipinski definition) is 0. The highest BCUT2D eigenvalue weighted by molar-refractivity contribution is 5.01. The van der Waals surface area contributed by atoms with Gasteiger partial charge in [-0.05, 0) is 23.7 Å². The van der Waals surface area contributed by atoms with Gasteiger partial charge in [0.2, 0.25) is 0 Å². The average Bonchev–Trinajstić information content (AvgIpc) is 1.83. The Kier molecular flexibility index (Phi) is 3.34. The maximum absolute atomic E-state index is 2.36. The molecule has 1 aliphatic carbocycles. The van der Waals surface area contributed by atoms with E-state index in [0.717, 1.165) is 11.8 Å².